The van der Waals surface area contributed by atoms with Crippen LogP contribution >= 0.6 is 0 Å². The summed E-state index contributed by atoms with van der Waals surface area (Å²) in [6.45, 7) is 2.85. The lowest BCUT2D eigenvalue weighted by molar-refractivity contribution is 0.102. The minimum atomic E-state index is -0.249. The molecule has 0 aliphatic heterocycles. The number of carbonyl (C=O) groups excluding carboxylic acids is 1. The average molecular weight is 380 g/mol. The maximum absolute atomic E-state index is 13.2. The van der Waals surface area contributed by atoms with Gasteiger partial charge in [0.1, 0.15) is 0 Å². The first kappa shape index (κ1) is 18.5. The lowest BCUT2D eigenvalue weighted by Crippen LogP contribution is -2.17. The second kappa shape index (κ2) is 7.99. The zero-order valence-electron chi connectivity index (χ0n) is 16.1. The molecule has 0 aliphatic rings. The number of carbonyl (C=O) groups is 1. The van der Waals surface area contributed by atoms with Gasteiger partial charge in [-0.1, -0.05) is 55.5 Å². The first-order valence-corrected chi connectivity index (χ1v) is 9.58. The van der Waals surface area contributed by atoms with Gasteiger partial charge in [0.15, 0.2) is 0 Å². The Balaban J connectivity index is 1.75. The fourth-order valence-corrected chi connectivity index (χ4v) is 3.52. The number of imidazole rings is 1. The number of hydrogen-bond acceptors (Lipinski definition) is 3. The van der Waals surface area contributed by atoms with Gasteiger partial charge in [0, 0.05) is 17.7 Å². The van der Waals surface area contributed by atoms with Crippen molar-refractivity contribution in [3.8, 4) is 17.2 Å². The number of amides is 1. The van der Waals surface area contributed by atoms with Crippen molar-refractivity contribution < 1.29 is 4.79 Å². The van der Waals surface area contributed by atoms with E-state index >= 15 is 0 Å². The van der Waals surface area contributed by atoms with Gasteiger partial charge in [0.25, 0.3) is 5.91 Å². The van der Waals surface area contributed by atoms with Gasteiger partial charge in [-0.25, -0.2) is 4.98 Å². The molecule has 3 aromatic carbocycles. The Morgan fingerprint density at radius 3 is 2.48 bits per heavy atom. The van der Waals surface area contributed by atoms with Crippen LogP contribution in [-0.4, -0.2) is 15.5 Å². The molecular weight excluding hydrogens is 360 g/mol. The van der Waals surface area contributed by atoms with E-state index in [-0.39, 0.29) is 5.91 Å². The van der Waals surface area contributed by atoms with Gasteiger partial charge in [0.05, 0.1) is 22.7 Å². The van der Waals surface area contributed by atoms with Crippen LogP contribution < -0.4 is 5.32 Å². The van der Waals surface area contributed by atoms with Crippen LogP contribution in [0, 0.1) is 11.3 Å². The van der Waals surface area contributed by atoms with Crippen molar-refractivity contribution in [3.63, 3.8) is 0 Å². The third kappa shape index (κ3) is 3.48. The number of anilines is 1. The smallest absolute Gasteiger partial charge is 0.258 e. The quantitative estimate of drug-likeness (QED) is 0.515. The Bertz CT molecular complexity index is 1230. The summed E-state index contributed by atoms with van der Waals surface area (Å²) in [6.07, 6.45) is 0.926. The van der Waals surface area contributed by atoms with E-state index in [1.54, 1.807) is 12.1 Å². The maximum atomic E-state index is 13.2. The van der Waals surface area contributed by atoms with Crippen LogP contribution in [0.2, 0.25) is 0 Å². The first-order chi connectivity index (χ1) is 14.2. The largest absolute Gasteiger partial charge is 0.310 e. The van der Waals surface area contributed by atoms with E-state index in [1.165, 1.54) is 0 Å². The van der Waals surface area contributed by atoms with Crippen LogP contribution in [0.5, 0.6) is 0 Å². The van der Waals surface area contributed by atoms with Gasteiger partial charge >= 0.3 is 0 Å². The van der Waals surface area contributed by atoms with Gasteiger partial charge in [-0.2, -0.15) is 5.26 Å². The van der Waals surface area contributed by atoms with Crippen molar-refractivity contribution in [3.05, 3.63) is 83.9 Å². The lowest BCUT2D eigenvalue weighted by atomic mass is 9.95. The highest BCUT2D eigenvalue weighted by Crippen LogP contribution is 2.28. The van der Waals surface area contributed by atoms with E-state index < -0.39 is 0 Å². The molecule has 0 saturated heterocycles. The Morgan fingerprint density at radius 1 is 1.00 bits per heavy atom. The van der Waals surface area contributed by atoms with Crippen molar-refractivity contribution in [1.82, 2.24) is 9.55 Å². The monoisotopic (exact) mass is 380 g/mol. The minimum absolute atomic E-state index is 0.249. The number of benzene rings is 3. The van der Waals surface area contributed by atoms with Crippen molar-refractivity contribution in [2.45, 2.75) is 19.9 Å². The standard InChI is InChI=1S/C24H20N4O/c1-2-15-28-22-14-8-7-13-21(22)26-24(28)27-23(29)20-12-6-5-11-19(20)18-10-4-3-9-17(18)16-25/h3-14H,2,15H2,1H3,(H,26,27,29). The molecule has 1 heterocycles. The van der Waals surface area contributed by atoms with Crippen molar-refractivity contribution >= 4 is 22.9 Å². The highest BCUT2D eigenvalue weighted by atomic mass is 16.1. The number of hydrogen-bond donors (Lipinski definition) is 1. The second-order valence-corrected chi connectivity index (χ2v) is 6.73. The predicted octanol–water partition coefficient (Wildman–Crippen LogP) is 5.24. The normalized spacial score (nSPS) is 10.6. The molecule has 1 amide bonds. The second-order valence-electron chi connectivity index (χ2n) is 6.73. The Kier molecular flexibility index (Phi) is 5.08. The molecule has 5 nitrogen and oxygen atoms in total. The minimum Gasteiger partial charge on any atom is -0.310 e. The summed E-state index contributed by atoms with van der Waals surface area (Å²) in [5.41, 5.74) is 4.34. The molecule has 142 valence electrons. The Hall–Kier alpha value is -3.91. The summed E-state index contributed by atoms with van der Waals surface area (Å²) < 4.78 is 2.03. The fourth-order valence-electron chi connectivity index (χ4n) is 3.52. The van der Waals surface area contributed by atoms with Crippen molar-refractivity contribution in [1.29, 1.82) is 5.26 Å². The maximum Gasteiger partial charge on any atom is 0.258 e. The van der Waals surface area contributed by atoms with Crippen LogP contribution in [0.1, 0.15) is 29.3 Å². The highest BCUT2D eigenvalue weighted by Gasteiger charge is 2.18. The Labute approximate surface area is 169 Å². The molecule has 0 spiro atoms. The van der Waals surface area contributed by atoms with Gasteiger partial charge < -0.3 is 4.57 Å². The molecule has 0 radical (unpaired) electrons. The molecule has 4 rings (SSSR count). The van der Waals surface area contributed by atoms with Crippen LogP contribution in [0.4, 0.5) is 5.95 Å². The average Bonchev–Trinajstić information content (AvgIpc) is 3.11. The molecule has 0 atom stereocenters. The molecule has 1 aromatic heterocycles. The topological polar surface area (TPSA) is 70.7 Å². The summed E-state index contributed by atoms with van der Waals surface area (Å²) in [5.74, 6) is 0.280. The molecule has 0 unspecified atom stereocenters. The Morgan fingerprint density at radius 2 is 1.69 bits per heavy atom. The van der Waals surface area contributed by atoms with E-state index in [9.17, 15) is 10.1 Å². The van der Waals surface area contributed by atoms with Gasteiger partial charge in [-0.05, 0) is 36.2 Å². The molecular formula is C24H20N4O. The van der Waals surface area contributed by atoms with Gasteiger partial charge in [0.2, 0.25) is 5.95 Å². The lowest BCUT2D eigenvalue weighted by Gasteiger charge is -2.12. The zero-order valence-corrected chi connectivity index (χ0v) is 16.1. The van der Waals surface area contributed by atoms with E-state index in [0.29, 0.717) is 17.1 Å². The van der Waals surface area contributed by atoms with E-state index in [0.717, 1.165) is 35.1 Å². The molecule has 0 fully saturated rings. The molecule has 0 aliphatic carbocycles. The number of rotatable bonds is 5. The number of aromatic nitrogens is 2. The number of aryl methyl sites for hydroxylation is 1. The molecule has 0 bridgehead atoms. The summed E-state index contributed by atoms with van der Waals surface area (Å²) in [4.78, 5) is 17.8. The third-order valence-electron chi connectivity index (χ3n) is 4.84. The molecule has 5 heteroatoms. The SMILES string of the molecule is CCCn1c(NC(=O)c2ccccc2-c2ccccc2C#N)nc2ccccc21. The van der Waals surface area contributed by atoms with Crippen molar-refractivity contribution in [2.75, 3.05) is 5.32 Å². The fraction of sp³-hybridized carbons (Fsp3) is 0.125. The van der Waals surface area contributed by atoms with Gasteiger partial charge in [-0.3, -0.25) is 10.1 Å². The highest BCUT2D eigenvalue weighted by molar-refractivity contribution is 6.08. The summed E-state index contributed by atoms with van der Waals surface area (Å²) in [5, 5.41) is 12.4. The van der Waals surface area contributed by atoms with E-state index in [2.05, 4.69) is 23.3 Å². The van der Waals surface area contributed by atoms with Gasteiger partial charge in [-0.15, -0.1) is 0 Å². The summed E-state index contributed by atoms with van der Waals surface area (Å²) >= 11 is 0. The number of para-hydroxylation sites is 2. The number of nitrogens with zero attached hydrogens (tertiary/aromatic N) is 3. The van der Waals surface area contributed by atoms with E-state index in [1.807, 2.05) is 65.2 Å². The number of nitriles is 1. The predicted molar refractivity (Wildman–Crippen MR) is 115 cm³/mol. The number of fused-ring (bicyclic) bond motifs is 1. The zero-order chi connectivity index (χ0) is 20.2. The molecule has 29 heavy (non-hydrogen) atoms. The number of nitrogens with one attached hydrogen (secondary N) is 1. The summed E-state index contributed by atoms with van der Waals surface area (Å²) in [7, 11) is 0. The van der Waals surface area contributed by atoms with E-state index in [4.69, 9.17) is 0 Å². The first-order valence-electron chi connectivity index (χ1n) is 9.58. The van der Waals surface area contributed by atoms with Crippen LogP contribution in [-0.2, 0) is 6.54 Å². The third-order valence-corrected chi connectivity index (χ3v) is 4.84. The molecule has 4 aromatic rings. The molecule has 0 saturated carbocycles. The molecule has 1 N–H and O–H groups in total. The van der Waals surface area contributed by atoms with Crippen LogP contribution in [0.3, 0.4) is 0 Å². The summed E-state index contributed by atoms with van der Waals surface area (Å²) in [6, 6.07) is 24.7. The van der Waals surface area contributed by atoms with Crippen molar-refractivity contribution in [2.24, 2.45) is 0 Å². The van der Waals surface area contributed by atoms with Crippen LogP contribution in [0.15, 0.2) is 72.8 Å². The van der Waals surface area contributed by atoms with Crippen LogP contribution in [0.25, 0.3) is 22.2 Å².